The summed E-state index contributed by atoms with van der Waals surface area (Å²) in [6, 6.07) is 78.7. The lowest BCUT2D eigenvalue weighted by molar-refractivity contribution is 0.927. The molecule has 0 saturated heterocycles. The summed E-state index contributed by atoms with van der Waals surface area (Å²) < 4.78 is 0. The van der Waals surface area contributed by atoms with Crippen LogP contribution in [0.15, 0.2) is 224 Å². The van der Waals surface area contributed by atoms with E-state index in [0.717, 1.165) is 84.1 Å². The molecule has 0 fully saturated rings. The van der Waals surface area contributed by atoms with Gasteiger partial charge in [0.25, 0.3) is 0 Å². The molecule has 1 atom stereocenters. The van der Waals surface area contributed by atoms with Crippen LogP contribution in [0.2, 0.25) is 0 Å². The molecule has 0 aliphatic carbocycles. The summed E-state index contributed by atoms with van der Waals surface area (Å²) in [5, 5.41) is 3.99. The molecule has 1 aliphatic heterocycles. The molecule has 1 heterocycles. The van der Waals surface area contributed by atoms with Crippen LogP contribution in [0.3, 0.4) is 0 Å². The average Bonchev–Trinajstić information content (AvgIpc) is 3.28. The summed E-state index contributed by atoms with van der Waals surface area (Å²) in [6.45, 7) is 0. The van der Waals surface area contributed by atoms with Crippen LogP contribution in [0.25, 0.3) is 33.7 Å². The van der Waals surface area contributed by atoms with Gasteiger partial charge in [0.1, 0.15) is 0 Å². The predicted octanol–water partition coefficient (Wildman–Crippen LogP) is 12.9. The van der Waals surface area contributed by atoms with Crippen LogP contribution in [0.5, 0.6) is 0 Å². The molecule has 56 heavy (non-hydrogen) atoms. The van der Waals surface area contributed by atoms with E-state index in [-0.39, 0.29) is 6.04 Å². The summed E-state index contributed by atoms with van der Waals surface area (Å²) in [7, 11) is 0. The number of nitrogens with one attached hydrogen (secondary N) is 1. The van der Waals surface area contributed by atoms with Gasteiger partial charge in [-0.2, -0.15) is 0 Å². The highest BCUT2D eigenvalue weighted by Gasteiger charge is 2.29. The molecule has 3 nitrogen and oxygen atoms in total. The first kappa shape index (κ1) is 34.6. The van der Waals surface area contributed by atoms with Gasteiger partial charge in [-0.25, -0.2) is 0 Å². The number of anilines is 3. The summed E-state index contributed by atoms with van der Waals surface area (Å²) in [4.78, 5) is 2.29. The van der Waals surface area contributed by atoms with Crippen molar-refractivity contribution in [1.82, 2.24) is 5.32 Å². The number of hydrogen-bond acceptors (Lipinski definition) is 3. The van der Waals surface area contributed by atoms with Gasteiger partial charge >= 0.3 is 0 Å². The molecule has 1 aliphatic rings. The Morgan fingerprint density at radius 3 is 1.39 bits per heavy atom. The van der Waals surface area contributed by atoms with Crippen molar-refractivity contribution in [1.29, 1.82) is 0 Å². The fourth-order valence-corrected chi connectivity index (χ4v) is 7.80. The average molecular weight is 720 g/mol. The number of nitrogens with zero attached hydrogens (tertiary/aromatic N) is 1. The molecule has 0 amide bonds. The maximum Gasteiger partial charge on any atom is 0.0578 e. The zero-order chi connectivity index (χ0) is 37.7. The maximum atomic E-state index is 7.23. The quantitative estimate of drug-likeness (QED) is 0.156. The Hall–Kier alpha value is -7.20. The Balaban J connectivity index is 1.14. The largest absolute Gasteiger partial charge is 0.354 e. The maximum absolute atomic E-state index is 7.23. The van der Waals surface area contributed by atoms with Gasteiger partial charge in [0, 0.05) is 33.8 Å². The van der Waals surface area contributed by atoms with Gasteiger partial charge in [-0.1, -0.05) is 188 Å². The third-order valence-corrected chi connectivity index (χ3v) is 10.5. The van der Waals surface area contributed by atoms with Crippen molar-refractivity contribution in [2.24, 2.45) is 5.73 Å². The number of para-hydroxylation sites is 2. The monoisotopic (exact) mass is 719 g/mol. The van der Waals surface area contributed by atoms with Gasteiger partial charge in [0.05, 0.1) is 17.4 Å². The Morgan fingerprint density at radius 2 is 0.821 bits per heavy atom. The minimum absolute atomic E-state index is 0.356. The summed E-state index contributed by atoms with van der Waals surface area (Å²) in [5.41, 5.74) is 23.8. The van der Waals surface area contributed by atoms with E-state index in [4.69, 9.17) is 5.73 Å². The molecule has 8 aromatic carbocycles. The van der Waals surface area contributed by atoms with Gasteiger partial charge in [-0.3, -0.25) is 0 Å². The van der Waals surface area contributed by atoms with Crippen molar-refractivity contribution in [3.8, 4) is 11.1 Å². The first-order chi connectivity index (χ1) is 27.7. The fourth-order valence-electron chi connectivity index (χ4n) is 7.80. The van der Waals surface area contributed by atoms with Crippen LogP contribution in [0, 0.1) is 0 Å². The van der Waals surface area contributed by atoms with Crippen molar-refractivity contribution < 1.29 is 0 Å². The molecule has 8 aromatic rings. The van der Waals surface area contributed by atoms with Crippen molar-refractivity contribution >= 4 is 39.6 Å². The molecule has 3 N–H and O–H groups in total. The topological polar surface area (TPSA) is 41.3 Å². The number of hydrogen-bond donors (Lipinski definition) is 2. The van der Waals surface area contributed by atoms with E-state index in [2.05, 4.69) is 229 Å². The van der Waals surface area contributed by atoms with Crippen LogP contribution < -0.4 is 16.0 Å². The van der Waals surface area contributed by atoms with E-state index in [0.29, 0.717) is 0 Å². The van der Waals surface area contributed by atoms with Gasteiger partial charge in [0.15, 0.2) is 0 Å². The fraction of sp³-hybridized carbons (Fsp3) is 0.0189. The minimum Gasteiger partial charge on any atom is -0.354 e. The molecule has 268 valence electrons. The third kappa shape index (κ3) is 6.84. The van der Waals surface area contributed by atoms with Gasteiger partial charge in [-0.15, -0.1) is 0 Å². The van der Waals surface area contributed by atoms with Crippen LogP contribution in [0.4, 0.5) is 17.1 Å². The number of benzene rings is 8. The molecular formula is C53H41N3. The second kappa shape index (κ2) is 15.6. The molecule has 0 bridgehead atoms. The predicted molar refractivity (Wildman–Crippen MR) is 235 cm³/mol. The van der Waals surface area contributed by atoms with Gasteiger partial charge in [-0.05, 0) is 75.3 Å². The van der Waals surface area contributed by atoms with Crippen LogP contribution in [0.1, 0.15) is 39.4 Å². The zero-order valence-electron chi connectivity index (χ0n) is 31.0. The standard InChI is InChI=1S/C53H41N3/c54-51(42-20-8-2-9-21-42)50(40-18-6-1-7-19-40)53-48-29-17-16-28-47(48)49(52(55-53)43-22-10-3-11-23-43)41-32-30-38(31-33-41)39-34-36-46(37-35-39)56(44-24-12-4-13-25-44)45-26-14-5-15-27-45/h1-37,51,55H,54H2/b53-50-. The SMILES string of the molecule is NC(/C(=C1\NC(c2ccccc2)=C(c2ccc(-c3ccc(N(c4ccccc4)c4ccccc4)cc3)cc2)c2ccccc21)c1ccccc1)c1ccccc1. The Labute approximate surface area is 329 Å². The van der Waals surface area contributed by atoms with E-state index >= 15 is 0 Å². The number of nitrogens with two attached hydrogens (primary N) is 1. The summed E-state index contributed by atoms with van der Waals surface area (Å²) >= 11 is 0. The first-order valence-corrected chi connectivity index (χ1v) is 19.1. The lowest BCUT2D eigenvalue weighted by Crippen LogP contribution is -2.24. The highest BCUT2D eigenvalue weighted by atomic mass is 15.1. The van der Waals surface area contributed by atoms with Gasteiger partial charge in [0.2, 0.25) is 0 Å². The minimum atomic E-state index is -0.356. The van der Waals surface area contributed by atoms with E-state index in [9.17, 15) is 0 Å². The third-order valence-electron chi connectivity index (χ3n) is 10.5. The van der Waals surface area contributed by atoms with Crippen molar-refractivity contribution in [2.75, 3.05) is 4.90 Å². The summed E-state index contributed by atoms with van der Waals surface area (Å²) in [5.74, 6) is 0. The number of rotatable bonds is 9. The number of fused-ring (bicyclic) bond motifs is 1. The van der Waals surface area contributed by atoms with Crippen molar-refractivity contribution in [2.45, 2.75) is 6.04 Å². The second-order valence-electron chi connectivity index (χ2n) is 14.0. The van der Waals surface area contributed by atoms with Crippen molar-refractivity contribution in [3.05, 3.63) is 258 Å². The Morgan fingerprint density at radius 1 is 0.393 bits per heavy atom. The lowest BCUT2D eigenvalue weighted by atomic mass is 9.82. The highest BCUT2D eigenvalue weighted by molar-refractivity contribution is 6.10. The molecular weight excluding hydrogens is 679 g/mol. The molecule has 0 radical (unpaired) electrons. The molecule has 0 spiro atoms. The lowest BCUT2D eigenvalue weighted by Gasteiger charge is -2.32. The molecule has 0 saturated carbocycles. The molecule has 1 unspecified atom stereocenters. The molecule has 9 rings (SSSR count). The Kier molecular flexibility index (Phi) is 9.66. The van der Waals surface area contributed by atoms with E-state index in [1.165, 1.54) is 0 Å². The molecule has 0 aromatic heterocycles. The van der Waals surface area contributed by atoms with Crippen LogP contribution >= 0.6 is 0 Å². The highest BCUT2D eigenvalue weighted by Crippen LogP contribution is 2.45. The first-order valence-electron chi connectivity index (χ1n) is 19.1. The van der Waals surface area contributed by atoms with E-state index in [1.807, 2.05) is 6.07 Å². The zero-order valence-corrected chi connectivity index (χ0v) is 31.0. The summed E-state index contributed by atoms with van der Waals surface area (Å²) in [6.07, 6.45) is 0. The van der Waals surface area contributed by atoms with Crippen molar-refractivity contribution in [3.63, 3.8) is 0 Å². The van der Waals surface area contributed by atoms with Gasteiger partial charge < -0.3 is 16.0 Å². The normalized spacial score (nSPS) is 13.7. The van der Waals surface area contributed by atoms with E-state index in [1.54, 1.807) is 0 Å². The van der Waals surface area contributed by atoms with E-state index < -0.39 is 0 Å². The second-order valence-corrected chi connectivity index (χ2v) is 14.0. The Bertz CT molecular complexity index is 2580. The van der Waals surface area contributed by atoms with Crippen LogP contribution in [-0.2, 0) is 0 Å². The molecule has 3 heteroatoms. The van der Waals surface area contributed by atoms with Crippen LogP contribution in [-0.4, -0.2) is 0 Å². The smallest absolute Gasteiger partial charge is 0.0578 e.